The first kappa shape index (κ1) is 19.5. The molecular formula is C20H27ClN2O2. The molecule has 0 unspecified atom stereocenters. The molecule has 0 aliphatic rings. The predicted octanol–water partition coefficient (Wildman–Crippen LogP) is 4.21. The second kappa shape index (κ2) is 9.64. The number of aromatic nitrogens is 1. The van der Waals surface area contributed by atoms with Crippen molar-refractivity contribution >= 4 is 17.5 Å². The molecule has 136 valence electrons. The summed E-state index contributed by atoms with van der Waals surface area (Å²) in [5.41, 5.74) is 2.25. The maximum Gasteiger partial charge on any atom is 0.223 e. The molecule has 0 N–H and O–H groups in total. The van der Waals surface area contributed by atoms with Gasteiger partial charge in [0, 0.05) is 43.5 Å². The molecular weight excluding hydrogens is 336 g/mol. The van der Waals surface area contributed by atoms with Gasteiger partial charge >= 0.3 is 0 Å². The van der Waals surface area contributed by atoms with Crippen molar-refractivity contribution in [3.63, 3.8) is 0 Å². The Hall–Kier alpha value is -1.78. The van der Waals surface area contributed by atoms with Crippen LogP contribution in [0.4, 0.5) is 0 Å². The van der Waals surface area contributed by atoms with Gasteiger partial charge in [0.05, 0.1) is 13.2 Å². The quantitative estimate of drug-likeness (QED) is 0.669. The van der Waals surface area contributed by atoms with Crippen LogP contribution < -0.4 is 0 Å². The number of nitrogens with zero attached hydrogens (tertiary/aromatic N) is 2. The summed E-state index contributed by atoms with van der Waals surface area (Å²) >= 11 is 6.08. The van der Waals surface area contributed by atoms with E-state index in [2.05, 4.69) is 30.5 Å². The van der Waals surface area contributed by atoms with Crippen LogP contribution >= 0.6 is 11.6 Å². The predicted molar refractivity (Wildman–Crippen MR) is 102 cm³/mol. The van der Waals surface area contributed by atoms with Gasteiger partial charge in [0.2, 0.25) is 5.91 Å². The Kier molecular flexibility index (Phi) is 7.53. The summed E-state index contributed by atoms with van der Waals surface area (Å²) in [5.74, 6) is 0.512. The highest BCUT2D eigenvalue weighted by Crippen LogP contribution is 2.15. The lowest BCUT2D eigenvalue weighted by atomic mass is 10.1. The van der Waals surface area contributed by atoms with E-state index in [9.17, 15) is 4.79 Å². The maximum absolute atomic E-state index is 12.5. The normalized spacial score (nSPS) is 11.1. The fourth-order valence-electron chi connectivity index (χ4n) is 2.75. The van der Waals surface area contributed by atoms with Crippen LogP contribution in [0.1, 0.15) is 31.5 Å². The number of carbonyl (C=O) groups is 1. The first-order valence-corrected chi connectivity index (χ1v) is 9.02. The molecule has 4 nitrogen and oxygen atoms in total. The van der Waals surface area contributed by atoms with Crippen LogP contribution in [-0.4, -0.2) is 35.6 Å². The number of hydrogen-bond acceptors (Lipinski definition) is 2. The van der Waals surface area contributed by atoms with Gasteiger partial charge in [-0.15, -0.1) is 0 Å². The number of methoxy groups -OCH3 is 1. The van der Waals surface area contributed by atoms with Crippen LogP contribution in [0.25, 0.3) is 0 Å². The number of hydrogen-bond donors (Lipinski definition) is 0. The largest absolute Gasteiger partial charge is 0.383 e. The average Bonchev–Trinajstić information content (AvgIpc) is 2.97. The van der Waals surface area contributed by atoms with Crippen molar-refractivity contribution in [2.24, 2.45) is 5.92 Å². The molecule has 0 saturated carbocycles. The molecule has 0 bridgehead atoms. The minimum Gasteiger partial charge on any atom is -0.383 e. The summed E-state index contributed by atoms with van der Waals surface area (Å²) in [6, 6.07) is 11.9. The third-order valence-electron chi connectivity index (χ3n) is 4.02. The van der Waals surface area contributed by atoms with Crippen molar-refractivity contribution in [1.82, 2.24) is 9.47 Å². The molecule has 1 amide bonds. The number of rotatable bonds is 9. The summed E-state index contributed by atoms with van der Waals surface area (Å²) < 4.78 is 7.33. The van der Waals surface area contributed by atoms with E-state index < -0.39 is 0 Å². The van der Waals surface area contributed by atoms with E-state index in [0.717, 1.165) is 22.8 Å². The molecule has 0 aliphatic carbocycles. The number of benzene rings is 1. The van der Waals surface area contributed by atoms with Crippen LogP contribution in [-0.2, 0) is 22.6 Å². The lowest BCUT2D eigenvalue weighted by molar-refractivity contribution is -0.133. The smallest absolute Gasteiger partial charge is 0.223 e. The van der Waals surface area contributed by atoms with E-state index in [1.165, 1.54) is 0 Å². The topological polar surface area (TPSA) is 34.5 Å². The zero-order valence-electron chi connectivity index (χ0n) is 15.2. The third-order valence-corrected chi connectivity index (χ3v) is 4.25. The van der Waals surface area contributed by atoms with Gasteiger partial charge in [0.15, 0.2) is 0 Å². The third kappa shape index (κ3) is 6.22. The van der Waals surface area contributed by atoms with Crippen molar-refractivity contribution in [1.29, 1.82) is 0 Å². The monoisotopic (exact) mass is 362 g/mol. The lowest BCUT2D eigenvalue weighted by Gasteiger charge is -2.24. The van der Waals surface area contributed by atoms with Crippen LogP contribution in [0.2, 0.25) is 5.02 Å². The molecule has 2 aromatic rings. The molecule has 0 atom stereocenters. The number of halogens is 1. The Morgan fingerprint density at radius 3 is 2.76 bits per heavy atom. The molecule has 2 rings (SSSR count). The van der Waals surface area contributed by atoms with Crippen LogP contribution in [0, 0.1) is 5.92 Å². The summed E-state index contributed by atoms with van der Waals surface area (Å²) in [6.45, 7) is 6.59. The van der Waals surface area contributed by atoms with E-state index in [1.807, 2.05) is 35.4 Å². The van der Waals surface area contributed by atoms with Crippen LogP contribution in [0.3, 0.4) is 0 Å². The Morgan fingerprint density at radius 1 is 1.28 bits per heavy atom. The molecule has 1 aromatic heterocycles. The molecule has 25 heavy (non-hydrogen) atoms. The molecule has 1 aromatic carbocycles. The second-order valence-corrected chi connectivity index (χ2v) is 7.10. The Labute approximate surface area is 155 Å². The summed E-state index contributed by atoms with van der Waals surface area (Å²) in [6.07, 6.45) is 2.59. The Bertz CT molecular complexity index is 682. The number of carbonyl (C=O) groups excluding carboxylic acids is 1. The molecule has 0 aliphatic heterocycles. The zero-order valence-corrected chi connectivity index (χ0v) is 16.0. The lowest BCUT2D eigenvalue weighted by Crippen LogP contribution is -2.34. The van der Waals surface area contributed by atoms with Crippen molar-refractivity contribution < 1.29 is 9.53 Å². The van der Waals surface area contributed by atoms with Crippen molar-refractivity contribution in [3.8, 4) is 0 Å². The van der Waals surface area contributed by atoms with Crippen molar-refractivity contribution in [3.05, 3.63) is 58.9 Å². The van der Waals surface area contributed by atoms with Gasteiger partial charge < -0.3 is 14.2 Å². The first-order chi connectivity index (χ1) is 12.0. The van der Waals surface area contributed by atoms with Gasteiger partial charge in [0.1, 0.15) is 0 Å². The summed E-state index contributed by atoms with van der Waals surface area (Å²) in [7, 11) is 1.66. The molecule has 5 heteroatoms. The van der Waals surface area contributed by atoms with E-state index in [-0.39, 0.29) is 5.91 Å². The zero-order chi connectivity index (χ0) is 18.2. The van der Waals surface area contributed by atoms with E-state index in [4.69, 9.17) is 16.3 Å². The number of amides is 1. The highest BCUT2D eigenvalue weighted by molar-refractivity contribution is 6.30. The summed E-state index contributed by atoms with van der Waals surface area (Å²) in [4.78, 5) is 14.4. The molecule has 0 fully saturated rings. The first-order valence-electron chi connectivity index (χ1n) is 8.64. The SMILES string of the molecule is COCCN(Cc1cccn1Cc1cccc(Cl)c1)C(=O)CC(C)C. The highest BCUT2D eigenvalue weighted by atomic mass is 35.5. The Morgan fingerprint density at radius 2 is 2.08 bits per heavy atom. The van der Waals surface area contributed by atoms with Gasteiger partial charge in [0.25, 0.3) is 0 Å². The molecule has 1 heterocycles. The average molecular weight is 363 g/mol. The van der Waals surface area contributed by atoms with E-state index in [1.54, 1.807) is 7.11 Å². The summed E-state index contributed by atoms with van der Waals surface area (Å²) in [5, 5.41) is 0.736. The standard InChI is InChI=1S/C20H27ClN2O2/c1-16(2)12-20(24)23(10-11-25-3)15-19-8-5-9-22(19)14-17-6-4-7-18(21)13-17/h4-9,13,16H,10-12,14-15H2,1-3H3. The van der Waals surface area contributed by atoms with E-state index >= 15 is 0 Å². The van der Waals surface area contributed by atoms with Gasteiger partial charge in [-0.1, -0.05) is 37.6 Å². The van der Waals surface area contributed by atoms with Gasteiger partial charge in [-0.25, -0.2) is 0 Å². The number of ether oxygens (including phenoxy) is 1. The molecule has 0 saturated heterocycles. The van der Waals surface area contributed by atoms with Crippen LogP contribution in [0.15, 0.2) is 42.6 Å². The fourth-order valence-corrected chi connectivity index (χ4v) is 2.96. The molecule has 0 radical (unpaired) electrons. The fraction of sp³-hybridized carbons (Fsp3) is 0.450. The minimum atomic E-state index is 0.169. The van der Waals surface area contributed by atoms with Gasteiger partial charge in [-0.2, -0.15) is 0 Å². The highest BCUT2D eigenvalue weighted by Gasteiger charge is 2.16. The van der Waals surface area contributed by atoms with E-state index in [0.29, 0.717) is 32.0 Å². The van der Waals surface area contributed by atoms with Crippen LogP contribution in [0.5, 0.6) is 0 Å². The second-order valence-electron chi connectivity index (χ2n) is 6.66. The maximum atomic E-state index is 12.5. The molecule has 0 spiro atoms. The van der Waals surface area contributed by atoms with Gasteiger partial charge in [-0.05, 0) is 35.7 Å². The van der Waals surface area contributed by atoms with Gasteiger partial charge in [-0.3, -0.25) is 4.79 Å². The van der Waals surface area contributed by atoms with Crippen molar-refractivity contribution in [2.45, 2.75) is 33.4 Å². The Balaban J connectivity index is 2.11. The minimum absolute atomic E-state index is 0.169. The van der Waals surface area contributed by atoms with Crippen molar-refractivity contribution in [2.75, 3.05) is 20.3 Å².